The lowest BCUT2D eigenvalue weighted by atomic mass is 10.1. The van der Waals surface area contributed by atoms with Gasteiger partial charge in [0.2, 0.25) is 12.0 Å². The topological polar surface area (TPSA) is 94.5 Å². The number of ether oxygens (including phenoxy) is 2. The second kappa shape index (κ2) is 9.30. The third-order valence-electron chi connectivity index (χ3n) is 5.30. The van der Waals surface area contributed by atoms with Gasteiger partial charge in [0.15, 0.2) is 11.5 Å². The Balaban J connectivity index is 1.34. The van der Waals surface area contributed by atoms with Gasteiger partial charge in [-0.25, -0.2) is 4.98 Å². The number of rotatable bonds is 7. The summed E-state index contributed by atoms with van der Waals surface area (Å²) in [6.45, 7) is 4.63. The van der Waals surface area contributed by atoms with Crippen molar-refractivity contribution in [2.75, 3.05) is 18.5 Å². The summed E-state index contributed by atoms with van der Waals surface area (Å²) >= 11 is 0. The summed E-state index contributed by atoms with van der Waals surface area (Å²) in [5, 5.41) is 5.83. The van der Waals surface area contributed by atoms with Crippen molar-refractivity contribution in [1.82, 2.24) is 14.9 Å². The molecule has 1 atom stereocenters. The van der Waals surface area contributed by atoms with Crippen LogP contribution >= 0.6 is 0 Å². The van der Waals surface area contributed by atoms with Crippen molar-refractivity contribution >= 4 is 28.5 Å². The van der Waals surface area contributed by atoms with Gasteiger partial charge in [-0.1, -0.05) is 26.0 Å². The largest absolute Gasteiger partial charge is 0.485 e. The number of anilines is 1. The first-order valence-electron chi connectivity index (χ1n) is 10.8. The number of amides is 2. The molecule has 0 bridgehead atoms. The number of fused-ring (bicyclic) bond motifs is 2. The van der Waals surface area contributed by atoms with E-state index < -0.39 is 6.10 Å². The van der Waals surface area contributed by atoms with Gasteiger partial charge in [-0.05, 0) is 36.2 Å². The summed E-state index contributed by atoms with van der Waals surface area (Å²) in [7, 11) is 1.94. The molecule has 2 N–H and O–H groups in total. The standard InChI is InChI=1S/C24H28N4O4/c1-15(2)12-23(29)26-16-8-9-18-17(13-16)27-22(28(18)3)10-11-25-24(30)21-14-31-19-6-4-5-7-20(19)32-21/h4-9,13,15,21H,10-12,14H2,1-3H3,(H,25,30)(H,26,29). The highest BCUT2D eigenvalue weighted by Crippen LogP contribution is 2.30. The maximum Gasteiger partial charge on any atom is 0.264 e. The third-order valence-corrected chi connectivity index (χ3v) is 5.30. The predicted molar refractivity (Wildman–Crippen MR) is 122 cm³/mol. The van der Waals surface area contributed by atoms with Gasteiger partial charge in [0.1, 0.15) is 12.4 Å². The molecule has 1 aromatic heterocycles. The molecular weight excluding hydrogens is 408 g/mol. The zero-order valence-corrected chi connectivity index (χ0v) is 18.6. The number of aryl methyl sites for hydroxylation is 1. The fourth-order valence-corrected chi connectivity index (χ4v) is 3.69. The zero-order chi connectivity index (χ0) is 22.7. The monoisotopic (exact) mass is 436 g/mol. The molecule has 4 rings (SSSR count). The number of aromatic nitrogens is 2. The van der Waals surface area contributed by atoms with Crippen molar-refractivity contribution in [3.05, 3.63) is 48.3 Å². The predicted octanol–water partition coefficient (Wildman–Crippen LogP) is 3.06. The van der Waals surface area contributed by atoms with Crippen molar-refractivity contribution < 1.29 is 19.1 Å². The maximum absolute atomic E-state index is 12.5. The summed E-state index contributed by atoms with van der Waals surface area (Å²) in [5.74, 6) is 2.15. The van der Waals surface area contributed by atoms with Crippen molar-refractivity contribution in [1.29, 1.82) is 0 Å². The zero-order valence-electron chi connectivity index (χ0n) is 18.6. The van der Waals surface area contributed by atoms with E-state index in [1.54, 1.807) is 6.07 Å². The molecule has 0 radical (unpaired) electrons. The van der Waals surface area contributed by atoms with Gasteiger partial charge in [0.05, 0.1) is 11.0 Å². The van der Waals surface area contributed by atoms with Crippen LogP contribution in [0.25, 0.3) is 11.0 Å². The summed E-state index contributed by atoms with van der Waals surface area (Å²) in [5.41, 5.74) is 2.50. The minimum atomic E-state index is -0.678. The van der Waals surface area contributed by atoms with Crippen LogP contribution in [0.5, 0.6) is 11.5 Å². The van der Waals surface area contributed by atoms with Gasteiger partial charge in [0, 0.05) is 32.1 Å². The van der Waals surface area contributed by atoms with Crippen molar-refractivity contribution in [3.8, 4) is 11.5 Å². The lowest BCUT2D eigenvalue weighted by molar-refractivity contribution is -0.130. The molecule has 32 heavy (non-hydrogen) atoms. The first-order chi connectivity index (χ1) is 15.4. The van der Waals surface area contributed by atoms with E-state index in [2.05, 4.69) is 15.6 Å². The van der Waals surface area contributed by atoms with Crippen LogP contribution < -0.4 is 20.1 Å². The van der Waals surface area contributed by atoms with Crippen LogP contribution in [0.4, 0.5) is 5.69 Å². The Morgan fingerprint density at radius 2 is 1.97 bits per heavy atom. The van der Waals surface area contributed by atoms with E-state index in [4.69, 9.17) is 9.47 Å². The van der Waals surface area contributed by atoms with Gasteiger partial charge in [-0.15, -0.1) is 0 Å². The number of hydrogen-bond acceptors (Lipinski definition) is 5. The van der Waals surface area contributed by atoms with Gasteiger partial charge in [-0.3, -0.25) is 9.59 Å². The first-order valence-corrected chi connectivity index (χ1v) is 10.8. The number of para-hydroxylation sites is 2. The second-order valence-corrected chi connectivity index (χ2v) is 8.34. The van der Waals surface area contributed by atoms with Gasteiger partial charge in [-0.2, -0.15) is 0 Å². The van der Waals surface area contributed by atoms with Gasteiger partial charge in [0.25, 0.3) is 5.91 Å². The highest BCUT2D eigenvalue weighted by atomic mass is 16.6. The molecule has 1 unspecified atom stereocenters. The Morgan fingerprint density at radius 3 is 2.75 bits per heavy atom. The Kier molecular flexibility index (Phi) is 6.30. The lowest BCUT2D eigenvalue weighted by Gasteiger charge is -2.25. The van der Waals surface area contributed by atoms with E-state index in [-0.39, 0.29) is 18.4 Å². The molecule has 0 saturated heterocycles. The maximum atomic E-state index is 12.5. The van der Waals surface area contributed by atoms with E-state index in [1.807, 2.05) is 61.9 Å². The number of carbonyl (C=O) groups is 2. The van der Waals surface area contributed by atoms with Crippen LogP contribution in [-0.4, -0.2) is 40.6 Å². The molecule has 0 spiro atoms. The third kappa shape index (κ3) is 4.85. The molecule has 8 nitrogen and oxygen atoms in total. The molecule has 8 heteroatoms. The highest BCUT2D eigenvalue weighted by molar-refractivity contribution is 5.93. The van der Waals surface area contributed by atoms with E-state index in [0.717, 1.165) is 22.5 Å². The molecule has 1 aliphatic heterocycles. The number of carbonyl (C=O) groups excluding carboxylic acids is 2. The lowest BCUT2D eigenvalue weighted by Crippen LogP contribution is -2.44. The van der Waals surface area contributed by atoms with Crippen molar-refractivity contribution in [2.24, 2.45) is 13.0 Å². The Bertz CT molecular complexity index is 1140. The molecule has 0 fully saturated rings. The summed E-state index contributed by atoms with van der Waals surface area (Å²) in [6.07, 6.45) is 0.366. The average molecular weight is 437 g/mol. The molecule has 2 amide bonds. The number of imidazole rings is 1. The molecule has 2 heterocycles. The van der Waals surface area contributed by atoms with Gasteiger partial charge >= 0.3 is 0 Å². The Labute approximate surface area is 186 Å². The molecule has 168 valence electrons. The van der Waals surface area contributed by atoms with Crippen LogP contribution in [0.1, 0.15) is 26.1 Å². The Morgan fingerprint density at radius 1 is 1.19 bits per heavy atom. The van der Waals surface area contributed by atoms with Crippen LogP contribution in [0.3, 0.4) is 0 Å². The highest BCUT2D eigenvalue weighted by Gasteiger charge is 2.27. The fraction of sp³-hybridized carbons (Fsp3) is 0.375. The number of benzene rings is 2. The molecular formula is C24H28N4O4. The van der Waals surface area contributed by atoms with Crippen molar-refractivity contribution in [2.45, 2.75) is 32.8 Å². The Hall–Kier alpha value is -3.55. The fourth-order valence-electron chi connectivity index (χ4n) is 3.69. The smallest absolute Gasteiger partial charge is 0.264 e. The average Bonchev–Trinajstić information content (AvgIpc) is 3.07. The minimum absolute atomic E-state index is 0.00486. The van der Waals surface area contributed by atoms with E-state index >= 15 is 0 Å². The molecule has 2 aromatic carbocycles. The number of nitrogens with zero attached hydrogens (tertiary/aromatic N) is 2. The van der Waals surface area contributed by atoms with Gasteiger partial charge < -0.3 is 24.7 Å². The van der Waals surface area contributed by atoms with Crippen LogP contribution in [0.15, 0.2) is 42.5 Å². The molecule has 3 aromatic rings. The van der Waals surface area contributed by atoms with E-state index in [0.29, 0.717) is 36.8 Å². The first kappa shape index (κ1) is 21.7. The minimum Gasteiger partial charge on any atom is -0.485 e. The van der Waals surface area contributed by atoms with E-state index in [9.17, 15) is 9.59 Å². The van der Waals surface area contributed by atoms with Crippen LogP contribution in [0, 0.1) is 5.92 Å². The summed E-state index contributed by atoms with van der Waals surface area (Å²) < 4.78 is 13.4. The quantitative estimate of drug-likeness (QED) is 0.594. The summed E-state index contributed by atoms with van der Waals surface area (Å²) in [4.78, 5) is 29.2. The van der Waals surface area contributed by atoms with Crippen LogP contribution in [0.2, 0.25) is 0 Å². The molecule has 0 saturated carbocycles. The second-order valence-electron chi connectivity index (χ2n) is 8.34. The normalized spacial score (nSPS) is 15.1. The number of hydrogen-bond donors (Lipinski definition) is 2. The number of nitrogens with one attached hydrogen (secondary N) is 2. The van der Waals surface area contributed by atoms with Crippen molar-refractivity contribution in [3.63, 3.8) is 0 Å². The van der Waals surface area contributed by atoms with Crippen LogP contribution in [-0.2, 0) is 23.1 Å². The molecule has 1 aliphatic rings. The SMILES string of the molecule is CC(C)CC(=O)Nc1ccc2c(c1)nc(CCNC(=O)C1COc3ccccc3O1)n2C. The molecule has 0 aliphatic carbocycles. The summed E-state index contributed by atoms with van der Waals surface area (Å²) in [6, 6.07) is 13.0. The van der Waals surface area contributed by atoms with E-state index in [1.165, 1.54) is 0 Å².